The van der Waals surface area contributed by atoms with E-state index in [1.807, 2.05) is 67.5 Å². The lowest BCUT2D eigenvalue weighted by atomic mass is 10.1. The zero-order chi connectivity index (χ0) is 19.6. The van der Waals surface area contributed by atoms with Crippen LogP contribution in [-0.2, 0) is 13.1 Å². The molecule has 0 aliphatic rings. The Hall–Kier alpha value is -2.89. The summed E-state index contributed by atoms with van der Waals surface area (Å²) in [5.41, 5.74) is 5.95. The number of aryl methyl sites for hydroxylation is 3. The highest BCUT2D eigenvalue weighted by molar-refractivity contribution is 5.94. The average Bonchev–Trinajstić information content (AvgIpc) is 3.16. The van der Waals surface area contributed by atoms with Gasteiger partial charge in [-0.05, 0) is 58.4 Å². The van der Waals surface area contributed by atoms with E-state index in [1.54, 1.807) is 0 Å². The van der Waals surface area contributed by atoms with Crippen LogP contribution in [0, 0.1) is 20.8 Å². The number of nitrogens with one attached hydrogen (secondary N) is 1. The predicted molar refractivity (Wildman–Crippen MR) is 106 cm³/mol. The summed E-state index contributed by atoms with van der Waals surface area (Å²) in [5, 5.41) is 11.9. The molecule has 0 saturated heterocycles. The number of amides is 1. The Morgan fingerprint density at radius 1 is 1.19 bits per heavy atom. The summed E-state index contributed by atoms with van der Waals surface area (Å²) in [6.45, 7) is 11.6. The lowest BCUT2D eigenvalue weighted by Gasteiger charge is -2.14. The Morgan fingerprint density at radius 3 is 2.59 bits per heavy atom. The maximum atomic E-state index is 12.7. The summed E-state index contributed by atoms with van der Waals surface area (Å²) in [5.74, 6) is -0.0821. The third kappa shape index (κ3) is 4.10. The van der Waals surface area contributed by atoms with Crippen LogP contribution >= 0.6 is 0 Å². The van der Waals surface area contributed by atoms with Crippen molar-refractivity contribution in [2.75, 3.05) is 0 Å². The number of hydrogen-bond donors (Lipinski definition) is 1. The minimum Gasteiger partial charge on any atom is -0.345 e. The van der Waals surface area contributed by atoms with Crippen LogP contribution in [0.4, 0.5) is 0 Å². The molecule has 27 heavy (non-hydrogen) atoms. The summed E-state index contributed by atoms with van der Waals surface area (Å²) in [6, 6.07) is 9.66. The van der Waals surface area contributed by atoms with Gasteiger partial charge in [0.25, 0.3) is 5.91 Å². The molecule has 0 aliphatic heterocycles. The largest absolute Gasteiger partial charge is 0.345 e. The van der Waals surface area contributed by atoms with E-state index >= 15 is 0 Å². The van der Waals surface area contributed by atoms with Gasteiger partial charge in [0, 0.05) is 29.1 Å². The fraction of sp³-hybridized carbons (Fsp3) is 0.381. The van der Waals surface area contributed by atoms with E-state index in [2.05, 4.69) is 28.5 Å². The van der Waals surface area contributed by atoms with Crippen LogP contribution in [-0.4, -0.2) is 25.5 Å². The van der Waals surface area contributed by atoms with Crippen molar-refractivity contribution in [2.24, 2.45) is 0 Å². The van der Waals surface area contributed by atoms with Gasteiger partial charge in [-0.2, -0.15) is 10.2 Å². The Bertz CT molecular complexity index is 953. The van der Waals surface area contributed by atoms with Crippen LogP contribution in [0.1, 0.15) is 58.5 Å². The number of carbonyl (C=O) groups excluding carboxylic acids is 1. The van der Waals surface area contributed by atoms with E-state index in [-0.39, 0.29) is 11.9 Å². The SMILES string of the molecule is CCn1ncc(C(C)NC(=O)c2cccc(Cn3nc(C)cc3C)c2)c1C. The molecule has 3 aromatic rings. The van der Waals surface area contributed by atoms with Gasteiger partial charge in [-0.15, -0.1) is 0 Å². The van der Waals surface area contributed by atoms with E-state index in [0.717, 1.165) is 34.8 Å². The molecule has 2 heterocycles. The molecule has 0 aliphatic carbocycles. The average molecular weight is 365 g/mol. The van der Waals surface area contributed by atoms with Crippen molar-refractivity contribution in [3.63, 3.8) is 0 Å². The van der Waals surface area contributed by atoms with Crippen LogP contribution in [0.5, 0.6) is 0 Å². The molecule has 142 valence electrons. The second-order valence-electron chi connectivity index (χ2n) is 6.98. The summed E-state index contributed by atoms with van der Waals surface area (Å²) < 4.78 is 3.89. The Balaban J connectivity index is 1.73. The smallest absolute Gasteiger partial charge is 0.251 e. The standard InChI is InChI=1S/C21H27N5O/c1-6-25-17(5)20(12-22-25)16(4)23-21(27)19-9-7-8-18(11-19)13-26-15(3)10-14(2)24-26/h7-12,16H,6,13H2,1-5H3,(H,23,27). The van der Waals surface area contributed by atoms with Crippen molar-refractivity contribution in [2.45, 2.75) is 53.8 Å². The zero-order valence-corrected chi connectivity index (χ0v) is 16.7. The van der Waals surface area contributed by atoms with Gasteiger partial charge in [-0.25, -0.2) is 0 Å². The minimum atomic E-state index is -0.0996. The Labute approximate surface area is 160 Å². The fourth-order valence-corrected chi connectivity index (χ4v) is 3.38. The normalized spacial score (nSPS) is 12.2. The summed E-state index contributed by atoms with van der Waals surface area (Å²) in [7, 11) is 0. The van der Waals surface area contributed by atoms with E-state index in [4.69, 9.17) is 0 Å². The highest BCUT2D eigenvalue weighted by Gasteiger charge is 2.16. The molecular weight excluding hydrogens is 338 g/mol. The molecule has 1 atom stereocenters. The topological polar surface area (TPSA) is 64.7 Å². The zero-order valence-electron chi connectivity index (χ0n) is 16.7. The molecule has 6 heteroatoms. The molecule has 1 amide bonds. The van der Waals surface area contributed by atoms with Crippen LogP contribution in [0.2, 0.25) is 0 Å². The van der Waals surface area contributed by atoms with Crippen LogP contribution in [0.25, 0.3) is 0 Å². The Morgan fingerprint density at radius 2 is 1.96 bits per heavy atom. The third-order valence-electron chi connectivity index (χ3n) is 4.88. The van der Waals surface area contributed by atoms with Gasteiger partial charge in [0.2, 0.25) is 0 Å². The van der Waals surface area contributed by atoms with E-state index < -0.39 is 0 Å². The number of rotatable bonds is 6. The lowest BCUT2D eigenvalue weighted by Crippen LogP contribution is -2.27. The molecular formula is C21H27N5O. The van der Waals surface area contributed by atoms with E-state index in [0.29, 0.717) is 12.1 Å². The summed E-state index contributed by atoms with van der Waals surface area (Å²) in [4.78, 5) is 12.7. The van der Waals surface area contributed by atoms with Crippen molar-refractivity contribution in [1.29, 1.82) is 0 Å². The number of aromatic nitrogens is 4. The molecule has 1 unspecified atom stereocenters. The molecule has 1 N–H and O–H groups in total. The number of carbonyl (C=O) groups is 1. The monoisotopic (exact) mass is 365 g/mol. The highest BCUT2D eigenvalue weighted by Crippen LogP contribution is 2.18. The Kier molecular flexibility index (Phi) is 5.44. The molecule has 1 aromatic carbocycles. The number of nitrogens with zero attached hydrogens (tertiary/aromatic N) is 4. The first-order valence-electron chi connectivity index (χ1n) is 9.32. The van der Waals surface area contributed by atoms with Crippen molar-refractivity contribution in [3.8, 4) is 0 Å². The number of benzene rings is 1. The fourth-order valence-electron chi connectivity index (χ4n) is 3.38. The second kappa shape index (κ2) is 7.78. The maximum absolute atomic E-state index is 12.7. The minimum absolute atomic E-state index is 0.0821. The molecule has 0 spiro atoms. The van der Waals surface area contributed by atoms with Gasteiger partial charge in [0.15, 0.2) is 0 Å². The molecule has 0 saturated carbocycles. The van der Waals surface area contributed by atoms with Crippen molar-refractivity contribution in [1.82, 2.24) is 24.9 Å². The molecule has 3 rings (SSSR count). The van der Waals surface area contributed by atoms with Gasteiger partial charge in [0.1, 0.15) is 0 Å². The first kappa shape index (κ1) is 18.9. The van der Waals surface area contributed by atoms with E-state index in [9.17, 15) is 4.79 Å². The van der Waals surface area contributed by atoms with Crippen molar-refractivity contribution >= 4 is 5.91 Å². The first-order valence-corrected chi connectivity index (χ1v) is 9.32. The van der Waals surface area contributed by atoms with Crippen molar-refractivity contribution in [3.05, 3.63) is 70.3 Å². The lowest BCUT2D eigenvalue weighted by molar-refractivity contribution is 0.0939. The van der Waals surface area contributed by atoms with Gasteiger partial charge in [-0.1, -0.05) is 12.1 Å². The quantitative estimate of drug-likeness (QED) is 0.726. The van der Waals surface area contributed by atoms with Gasteiger partial charge < -0.3 is 5.32 Å². The number of hydrogen-bond acceptors (Lipinski definition) is 3. The van der Waals surface area contributed by atoms with Crippen LogP contribution in [0.15, 0.2) is 36.5 Å². The highest BCUT2D eigenvalue weighted by atomic mass is 16.1. The summed E-state index contributed by atoms with van der Waals surface area (Å²) in [6.07, 6.45) is 1.84. The molecule has 2 aromatic heterocycles. The van der Waals surface area contributed by atoms with Crippen LogP contribution < -0.4 is 5.32 Å². The van der Waals surface area contributed by atoms with Crippen molar-refractivity contribution < 1.29 is 4.79 Å². The molecule has 6 nitrogen and oxygen atoms in total. The molecule has 0 bridgehead atoms. The van der Waals surface area contributed by atoms with Gasteiger partial charge in [-0.3, -0.25) is 14.2 Å². The first-order chi connectivity index (χ1) is 12.9. The van der Waals surface area contributed by atoms with E-state index in [1.165, 1.54) is 0 Å². The predicted octanol–water partition coefficient (Wildman–Crippen LogP) is 3.56. The van der Waals surface area contributed by atoms with Crippen LogP contribution in [0.3, 0.4) is 0 Å². The maximum Gasteiger partial charge on any atom is 0.251 e. The summed E-state index contributed by atoms with van der Waals surface area (Å²) >= 11 is 0. The van der Waals surface area contributed by atoms with Gasteiger partial charge in [0.05, 0.1) is 24.5 Å². The second-order valence-corrected chi connectivity index (χ2v) is 6.98. The molecule has 0 radical (unpaired) electrons. The molecule has 0 fully saturated rings. The third-order valence-corrected chi connectivity index (χ3v) is 4.88. The van der Waals surface area contributed by atoms with Gasteiger partial charge >= 0.3 is 0 Å².